The average molecular weight is 415 g/mol. The van der Waals surface area contributed by atoms with E-state index in [-0.39, 0.29) is 5.91 Å². The van der Waals surface area contributed by atoms with Crippen molar-refractivity contribution in [3.05, 3.63) is 42.7 Å². The van der Waals surface area contributed by atoms with Crippen LogP contribution in [0.5, 0.6) is 5.75 Å². The van der Waals surface area contributed by atoms with Gasteiger partial charge in [-0.3, -0.25) is 9.36 Å². The predicted octanol–water partition coefficient (Wildman–Crippen LogP) is 4.32. The van der Waals surface area contributed by atoms with Gasteiger partial charge in [0, 0.05) is 18.7 Å². The predicted molar refractivity (Wildman–Crippen MR) is 113 cm³/mol. The van der Waals surface area contributed by atoms with Gasteiger partial charge in [0.2, 0.25) is 11.7 Å². The van der Waals surface area contributed by atoms with E-state index in [0.717, 1.165) is 48.2 Å². The number of thioether (sulfide) groups is 1. The van der Waals surface area contributed by atoms with Gasteiger partial charge in [-0.15, -0.1) is 10.2 Å². The number of benzene rings is 1. The van der Waals surface area contributed by atoms with Crippen molar-refractivity contribution in [3.8, 4) is 23.0 Å². The van der Waals surface area contributed by atoms with E-state index in [1.165, 1.54) is 0 Å². The molecule has 29 heavy (non-hydrogen) atoms. The topological polar surface area (TPSA) is 82.2 Å². The van der Waals surface area contributed by atoms with Crippen LogP contribution in [-0.2, 0) is 4.79 Å². The van der Waals surface area contributed by atoms with Gasteiger partial charge in [-0.1, -0.05) is 25.1 Å². The molecule has 7 nitrogen and oxygen atoms in total. The third-order valence-electron chi connectivity index (χ3n) is 4.34. The molecule has 0 bridgehead atoms. The number of hydrogen-bond donors (Lipinski definition) is 1. The second-order valence-electron chi connectivity index (χ2n) is 6.47. The minimum atomic E-state index is 0.104. The van der Waals surface area contributed by atoms with Gasteiger partial charge in [-0.05, 0) is 49.2 Å². The summed E-state index contributed by atoms with van der Waals surface area (Å²) in [6, 6.07) is 11.4. The van der Waals surface area contributed by atoms with E-state index in [1.54, 1.807) is 25.1 Å². The lowest BCUT2D eigenvalue weighted by atomic mass is 10.3. The zero-order valence-electron chi connectivity index (χ0n) is 16.8. The molecule has 0 fully saturated rings. The van der Waals surface area contributed by atoms with Crippen molar-refractivity contribution in [1.82, 2.24) is 20.1 Å². The highest BCUT2D eigenvalue weighted by Crippen LogP contribution is 2.29. The molecule has 0 unspecified atom stereocenters. The van der Waals surface area contributed by atoms with E-state index in [9.17, 15) is 4.79 Å². The smallest absolute Gasteiger partial charge is 0.220 e. The minimum Gasteiger partial charge on any atom is -0.497 e. The number of furan rings is 1. The van der Waals surface area contributed by atoms with Crippen molar-refractivity contribution < 1.29 is 13.9 Å². The van der Waals surface area contributed by atoms with Gasteiger partial charge in [0.15, 0.2) is 10.9 Å². The highest BCUT2D eigenvalue weighted by molar-refractivity contribution is 7.99. The summed E-state index contributed by atoms with van der Waals surface area (Å²) >= 11 is 1.58. The number of nitrogens with one attached hydrogen (secondary N) is 1. The molecule has 154 valence electrons. The van der Waals surface area contributed by atoms with E-state index in [0.29, 0.717) is 18.0 Å². The Morgan fingerprint density at radius 1 is 1.21 bits per heavy atom. The first-order valence-electron chi connectivity index (χ1n) is 9.76. The van der Waals surface area contributed by atoms with E-state index in [1.807, 2.05) is 41.0 Å². The SMILES string of the molecule is CCCCNC(=O)CCCSc1nnc(-c2ccco2)n1-c1ccc(OC)cc1. The van der Waals surface area contributed by atoms with Crippen molar-refractivity contribution in [2.45, 2.75) is 37.8 Å². The Kier molecular flexibility index (Phi) is 7.75. The molecule has 3 rings (SSSR count). The molecular weight excluding hydrogens is 388 g/mol. The maximum absolute atomic E-state index is 11.9. The first-order chi connectivity index (χ1) is 14.2. The molecule has 0 aliphatic heterocycles. The number of nitrogens with zero attached hydrogens (tertiary/aromatic N) is 3. The second-order valence-corrected chi connectivity index (χ2v) is 7.53. The standard InChI is InChI=1S/C21H26N4O3S/c1-3-4-13-22-19(26)8-6-15-29-21-24-23-20(18-7-5-14-28-18)25(21)16-9-11-17(27-2)12-10-16/h5,7,9-12,14H,3-4,6,8,13,15H2,1-2H3,(H,22,26). The van der Waals surface area contributed by atoms with Crippen LogP contribution in [0.1, 0.15) is 32.6 Å². The Hall–Kier alpha value is -2.74. The number of aromatic nitrogens is 3. The van der Waals surface area contributed by atoms with E-state index in [2.05, 4.69) is 22.4 Å². The summed E-state index contributed by atoms with van der Waals surface area (Å²) in [5.41, 5.74) is 0.919. The number of carbonyl (C=O) groups excluding carboxylic acids is 1. The Bertz CT molecular complexity index is 891. The fourth-order valence-corrected chi connectivity index (χ4v) is 3.67. The summed E-state index contributed by atoms with van der Waals surface area (Å²) in [5, 5.41) is 12.4. The highest BCUT2D eigenvalue weighted by Gasteiger charge is 2.18. The number of amides is 1. The van der Waals surface area contributed by atoms with Crippen LogP contribution in [0.2, 0.25) is 0 Å². The molecule has 2 aromatic heterocycles. The lowest BCUT2D eigenvalue weighted by molar-refractivity contribution is -0.121. The number of rotatable bonds is 11. The molecule has 2 heterocycles. The lowest BCUT2D eigenvalue weighted by Crippen LogP contribution is -2.24. The Morgan fingerprint density at radius 2 is 2.03 bits per heavy atom. The maximum atomic E-state index is 11.9. The average Bonchev–Trinajstić information content (AvgIpc) is 3.41. The van der Waals surface area contributed by atoms with Crippen LogP contribution in [-0.4, -0.2) is 40.1 Å². The molecule has 0 aliphatic carbocycles. The van der Waals surface area contributed by atoms with Gasteiger partial charge in [0.05, 0.1) is 19.1 Å². The molecular formula is C21H26N4O3S. The summed E-state index contributed by atoms with van der Waals surface area (Å²) in [6.07, 6.45) is 5.00. The van der Waals surface area contributed by atoms with Crippen LogP contribution >= 0.6 is 11.8 Å². The van der Waals surface area contributed by atoms with Gasteiger partial charge >= 0.3 is 0 Å². The molecule has 1 N–H and O–H groups in total. The molecule has 0 aliphatic rings. The quantitative estimate of drug-likeness (QED) is 0.372. The molecule has 0 radical (unpaired) electrons. The summed E-state index contributed by atoms with van der Waals surface area (Å²) in [5.74, 6) is 2.94. The van der Waals surface area contributed by atoms with Crippen LogP contribution in [0.15, 0.2) is 52.2 Å². The van der Waals surface area contributed by atoms with E-state index in [4.69, 9.17) is 9.15 Å². The van der Waals surface area contributed by atoms with Crippen molar-refractivity contribution in [2.75, 3.05) is 19.4 Å². The zero-order valence-corrected chi connectivity index (χ0v) is 17.6. The largest absolute Gasteiger partial charge is 0.497 e. The first-order valence-corrected chi connectivity index (χ1v) is 10.7. The van der Waals surface area contributed by atoms with Crippen LogP contribution in [0.25, 0.3) is 17.3 Å². The van der Waals surface area contributed by atoms with Crippen LogP contribution in [0.4, 0.5) is 0 Å². The Balaban J connectivity index is 1.69. The summed E-state index contributed by atoms with van der Waals surface area (Å²) < 4.78 is 12.8. The maximum Gasteiger partial charge on any atom is 0.220 e. The lowest BCUT2D eigenvalue weighted by Gasteiger charge is -2.10. The Morgan fingerprint density at radius 3 is 2.72 bits per heavy atom. The third kappa shape index (κ3) is 5.63. The van der Waals surface area contributed by atoms with Crippen LogP contribution < -0.4 is 10.1 Å². The monoisotopic (exact) mass is 414 g/mol. The van der Waals surface area contributed by atoms with Crippen molar-refractivity contribution >= 4 is 17.7 Å². The van der Waals surface area contributed by atoms with Crippen molar-refractivity contribution in [2.24, 2.45) is 0 Å². The van der Waals surface area contributed by atoms with Crippen LogP contribution in [0, 0.1) is 0 Å². The zero-order chi connectivity index (χ0) is 20.5. The number of unbranched alkanes of at least 4 members (excludes halogenated alkanes) is 1. The molecule has 0 spiro atoms. The summed E-state index contributed by atoms with van der Waals surface area (Å²) in [6.45, 7) is 2.86. The van der Waals surface area contributed by atoms with Crippen LogP contribution in [0.3, 0.4) is 0 Å². The normalized spacial score (nSPS) is 10.8. The minimum absolute atomic E-state index is 0.104. The van der Waals surface area contributed by atoms with Gasteiger partial charge in [-0.25, -0.2) is 0 Å². The van der Waals surface area contributed by atoms with E-state index < -0.39 is 0 Å². The molecule has 1 aromatic carbocycles. The molecule has 0 atom stereocenters. The number of methoxy groups -OCH3 is 1. The number of ether oxygens (including phenoxy) is 1. The highest BCUT2D eigenvalue weighted by atomic mass is 32.2. The van der Waals surface area contributed by atoms with Gasteiger partial charge in [0.1, 0.15) is 5.75 Å². The van der Waals surface area contributed by atoms with Gasteiger partial charge < -0.3 is 14.5 Å². The first kappa shape index (κ1) is 21.0. The summed E-state index contributed by atoms with van der Waals surface area (Å²) in [7, 11) is 1.64. The summed E-state index contributed by atoms with van der Waals surface area (Å²) in [4.78, 5) is 11.9. The fraction of sp³-hybridized carbons (Fsp3) is 0.381. The van der Waals surface area contributed by atoms with E-state index >= 15 is 0 Å². The number of carbonyl (C=O) groups is 1. The van der Waals surface area contributed by atoms with Gasteiger partial charge in [0.25, 0.3) is 0 Å². The molecule has 0 saturated carbocycles. The Labute approximate surface area is 174 Å². The molecule has 0 saturated heterocycles. The number of hydrogen-bond acceptors (Lipinski definition) is 6. The van der Waals surface area contributed by atoms with Gasteiger partial charge in [-0.2, -0.15) is 0 Å². The molecule has 1 amide bonds. The fourth-order valence-electron chi connectivity index (χ4n) is 2.78. The second kappa shape index (κ2) is 10.7. The molecule has 3 aromatic rings. The van der Waals surface area contributed by atoms with Crippen molar-refractivity contribution in [3.63, 3.8) is 0 Å². The van der Waals surface area contributed by atoms with Crippen molar-refractivity contribution in [1.29, 1.82) is 0 Å². The third-order valence-corrected chi connectivity index (χ3v) is 5.35. The molecule has 8 heteroatoms.